The van der Waals surface area contributed by atoms with Gasteiger partial charge < -0.3 is 11.1 Å². The molecule has 0 fully saturated rings. The van der Waals surface area contributed by atoms with Crippen molar-refractivity contribution >= 4 is 17.3 Å². The number of amides is 1. The lowest BCUT2D eigenvalue weighted by atomic mass is 10.1. The maximum Gasteiger partial charge on any atom is 0.417 e. The normalized spacial score (nSPS) is 11.2. The Morgan fingerprint density at radius 1 is 1.24 bits per heavy atom. The van der Waals surface area contributed by atoms with Crippen molar-refractivity contribution in [3.05, 3.63) is 53.3 Å². The summed E-state index contributed by atoms with van der Waals surface area (Å²) in [5.74, 6) is -0.586. The molecule has 1 amide bonds. The van der Waals surface area contributed by atoms with E-state index in [0.717, 1.165) is 17.7 Å². The molecule has 0 radical (unpaired) electrons. The second kappa shape index (κ2) is 5.43. The van der Waals surface area contributed by atoms with Crippen LogP contribution < -0.4 is 11.1 Å². The molecule has 0 aliphatic rings. The first-order chi connectivity index (χ1) is 9.77. The fourth-order valence-electron chi connectivity index (χ4n) is 1.71. The molecular weight excluding hydrogens is 283 g/mol. The molecule has 2 aromatic rings. The number of nitrogens with two attached hydrogens (primary N) is 1. The van der Waals surface area contributed by atoms with Crippen LogP contribution in [0.3, 0.4) is 0 Å². The van der Waals surface area contributed by atoms with Crippen LogP contribution in [0.15, 0.2) is 36.5 Å². The summed E-state index contributed by atoms with van der Waals surface area (Å²) in [5, 5.41) is 2.57. The summed E-state index contributed by atoms with van der Waals surface area (Å²) in [5.41, 5.74) is 6.42. The van der Waals surface area contributed by atoms with Gasteiger partial charge in [-0.25, -0.2) is 0 Å². The summed E-state index contributed by atoms with van der Waals surface area (Å²) in [6, 6.07) is 6.76. The Balaban J connectivity index is 2.17. The molecule has 0 saturated heterocycles. The highest BCUT2D eigenvalue weighted by atomic mass is 19.4. The van der Waals surface area contributed by atoms with Crippen LogP contribution in [-0.4, -0.2) is 10.9 Å². The van der Waals surface area contributed by atoms with Crippen LogP contribution in [0.1, 0.15) is 21.6 Å². The number of hydrogen-bond donors (Lipinski definition) is 2. The molecule has 3 N–H and O–H groups in total. The first-order valence-electron chi connectivity index (χ1n) is 5.98. The predicted molar refractivity (Wildman–Crippen MR) is 72.8 cm³/mol. The zero-order valence-corrected chi connectivity index (χ0v) is 11.0. The molecule has 0 spiro atoms. The van der Waals surface area contributed by atoms with Gasteiger partial charge in [0.25, 0.3) is 5.91 Å². The summed E-state index contributed by atoms with van der Waals surface area (Å²) in [7, 11) is 0. The zero-order valence-electron chi connectivity index (χ0n) is 11.0. The molecule has 1 aromatic carbocycles. The van der Waals surface area contributed by atoms with Crippen LogP contribution in [-0.2, 0) is 6.18 Å². The first kappa shape index (κ1) is 14.8. The number of halogens is 3. The Labute approximate surface area is 118 Å². The van der Waals surface area contributed by atoms with Crippen LogP contribution in [0.2, 0.25) is 0 Å². The molecule has 0 aliphatic carbocycles. The second-order valence-electron chi connectivity index (χ2n) is 4.46. The van der Waals surface area contributed by atoms with E-state index in [4.69, 9.17) is 5.73 Å². The van der Waals surface area contributed by atoms with Crippen molar-refractivity contribution in [2.24, 2.45) is 0 Å². The predicted octanol–water partition coefficient (Wildman–Crippen LogP) is 3.24. The number of hydrogen-bond acceptors (Lipinski definition) is 3. The van der Waals surface area contributed by atoms with E-state index in [0.29, 0.717) is 17.6 Å². The van der Waals surface area contributed by atoms with Crippen molar-refractivity contribution in [3.8, 4) is 0 Å². The zero-order chi connectivity index (χ0) is 15.6. The molecule has 1 heterocycles. The Bertz CT molecular complexity index is 666. The number of nitrogens with one attached hydrogen (secondary N) is 1. The molecular formula is C14H12F3N3O. The molecule has 0 aliphatic heterocycles. The SMILES string of the molecule is Cc1cc(N)ccc1NC(=O)c1ccc(C(F)(F)F)cn1. The van der Waals surface area contributed by atoms with Crippen LogP contribution >= 0.6 is 0 Å². The fraction of sp³-hybridized carbons (Fsp3) is 0.143. The van der Waals surface area contributed by atoms with Crippen LogP contribution in [0.25, 0.3) is 0 Å². The van der Waals surface area contributed by atoms with Gasteiger partial charge in [0, 0.05) is 17.6 Å². The minimum atomic E-state index is -4.48. The maximum absolute atomic E-state index is 12.4. The highest BCUT2D eigenvalue weighted by molar-refractivity contribution is 6.03. The third-order valence-corrected chi connectivity index (χ3v) is 2.82. The molecule has 0 saturated carbocycles. The number of anilines is 2. The number of pyridine rings is 1. The summed E-state index contributed by atoms with van der Waals surface area (Å²) in [6.45, 7) is 1.76. The van der Waals surface area contributed by atoms with Gasteiger partial charge in [0.05, 0.1) is 5.56 Å². The van der Waals surface area contributed by atoms with Gasteiger partial charge in [0.2, 0.25) is 0 Å². The van der Waals surface area contributed by atoms with Gasteiger partial charge in [-0.3, -0.25) is 9.78 Å². The standard InChI is InChI=1S/C14H12F3N3O/c1-8-6-10(18)3-5-11(8)20-13(21)12-4-2-9(7-19-12)14(15,16)17/h2-7H,18H2,1H3,(H,20,21). The molecule has 7 heteroatoms. The van der Waals surface area contributed by atoms with E-state index in [-0.39, 0.29) is 5.69 Å². The largest absolute Gasteiger partial charge is 0.417 e. The summed E-state index contributed by atoms with van der Waals surface area (Å²) in [4.78, 5) is 15.5. The molecule has 0 bridgehead atoms. The fourth-order valence-corrected chi connectivity index (χ4v) is 1.71. The monoisotopic (exact) mass is 295 g/mol. The number of alkyl halides is 3. The Kier molecular flexibility index (Phi) is 3.84. The highest BCUT2D eigenvalue weighted by Gasteiger charge is 2.30. The minimum absolute atomic E-state index is 0.0979. The third kappa shape index (κ3) is 3.50. The van der Waals surface area contributed by atoms with Crippen molar-refractivity contribution in [2.45, 2.75) is 13.1 Å². The van der Waals surface area contributed by atoms with Crippen molar-refractivity contribution in [1.29, 1.82) is 0 Å². The van der Waals surface area contributed by atoms with Crippen LogP contribution in [0, 0.1) is 6.92 Å². The number of carbonyl (C=O) groups excluding carboxylic acids is 1. The minimum Gasteiger partial charge on any atom is -0.399 e. The van der Waals surface area contributed by atoms with Gasteiger partial charge in [-0.1, -0.05) is 0 Å². The number of carbonyl (C=O) groups is 1. The lowest BCUT2D eigenvalue weighted by molar-refractivity contribution is -0.137. The van der Waals surface area contributed by atoms with E-state index in [2.05, 4.69) is 10.3 Å². The first-order valence-corrected chi connectivity index (χ1v) is 5.98. The summed E-state index contributed by atoms with van der Waals surface area (Å²) in [6.07, 6.45) is -3.85. The van der Waals surface area contributed by atoms with Crippen molar-refractivity contribution in [3.63, 3.8) is 0 Å². The van der Waals surface area contributed by atoms with Gasteiger partial charge in [0.15, 0.2) is 0 Å². The lowest BCUT2D eigenvalue weighted by Crippen LogP contribution is -2.15. The van der Waals surface area contributed by atoms with Crippen molar-refractivity contribution in [2.75, 3.05) is 11.1 Å². The van der Waals surface area contributed by atoms with E-state index >= 15 is 0 Å². The highest BCUT2D eigenvalue weighted by Crippen LogP contribution is 2.28. The smallest absolute Gasteiger partial charge is 0.399 e. The maximum atomic E-state index is 12.4. The molecule has 2 rings (SSSR count). The van der Waals surface area contributed by atoms with Crippen molar-refractivity contribution < 1.29 is 18.0 Å². The van der Waals surface area contributed by atoms with Gasteiger partial charge in [-0.2, -0.15) is 13.2 Å². The Morgan fingerprint density at radius 3 is 2.48 bits per heavy atom. The molecule has 0 atom stereocenters. The van der Waals surface area contributed by atoms with E-state index in [1.54, 1.807) is 25.1 Å². The number of aromatic nitrogens is 1. The Morgan fingerprint density at radius 2 is 1.95 bits per heavy atom. The summed E-state index contributed by atoms with van der Waals surface area (Å²) < 4.78 is 37.2. The van der Waals surface area contributed by atoms with E-state index in [1.807, 2.05) is 0 Å². The molecule has 110 valence electrons. The van der Waals surface area contributed by atoms with Gasteiger partial charge in [0.1, 0.15) is 5.69 Å². The molecule has 1 aromatic heterocycles. The van der Waals surface area contributed by atoms with Crippen molar-refractivity contribution in [1.82, 2.24) is 4.98 Å². The van der Waals surface area contributed by atoms with Gasteiger partial charge in [-0.05, 0) is 42.8 Å². The third-order valence-electron chi connectivity index (χ3n) is 2.82. The lowest BCUT2D eigenvalue weighted by Gasteiger charge is -2.09. The van der Waals surface area contributed by atoms with Gasteiger partial charge >= 0.3 is 6.18 Å². The number of nitrogens with zero attached hydrogens (tertiary/aromatic N) is 1. The van der Waals surface area contributed by atoms with Gasteiger partial charge in [-0.15, -0.1) is 0 Å². The Hall–Kier alpha value is -2.57. The quantitative estimate of drug-likeness (QED) is 0.836. The van der Waals surface area contributed by atoms with E-state index in [1.165, 1.54) is 0 Å². The number of aryl methyl sites for hydroxylation is 1. The van der Waals surface area contributed by atoms with Crippen LogP contribution in [0.5, 0.6) is 0 Å². The average molecular weight is 295 g/mol. The van der Waals surface area contributed by atoms with E-state index in [9.17, 15) is 18.0 Å². The molecule has 4 nitrogen and oxygen atoms in total. The molecule has 0 unspecified atom stereocenters. The average Bonchev–Trinajstić information content (AvgIpc) is 2.41. The number of rotatable bonds is 2. The van der Waals surface area contributed by atoms with Crippen LogP contribution in [0.4, 0.5) is 24.5 Å². The topological polar surface area (TPSA) is 68.0 Å². The number of nitrogen functional groups attached to an aromatic ring is 1. The summed E-state index contributed by atoms with van der Waals surface area (Å²) >= 11 is 0. The molecule has 21 heavy (non-hydrogen) atoms. The number of benzene rings is 1. The van der Waals surface area contributed by atoms with E-state index < -0.39 is 17.6 Å². The second-order valence-corrected chi connectivity index (χ2v) is 4.46.